The molecule has 4 aromatic rings. The zero-order valence-corrected chi connectivity index (χ0v) is 23.2. The topological polar surface area (TPSA) is 88.1 Å². The first-order valence-electron chi connectivity index (χ1n) is 13.7. The van der Waals surface area contributed by atoms with Gasteiger partial charge in [0.1, 0.15) is 0 Å². The number of nitrogens with one attached hydrogen (secondary N) is 3. The average Bonchev–Trinajstić information content (AvgIpc) is 2.97. The van der Waals surface area contributed by atoms with Crippen LogP contribution in [-0.4, -0.2) is 20.6 Å². The van der Waals surface area contributed by atoms with Crippen LogP contribution in [-0.2, 0) is 11.8 Å². The predicted molar refractivity (Wildman–Crippen MR) is 162 cm³/mol. The van der Waals surface area contributed by atoms with E-state index in [2.05, 4.69) is 34.4 Å². The Morgan fingerprint density at radius 2 is 1.62 bits per heavy atom. The van der Waals surface area contributed by atoms with Crippen LogP contribution >= 0.6 is 12.2 Å². The predicted octanol–water partition coefficient (Wildman–Crippen LogP) is 5.60. The Morgan fingerprint density at radius 3 is 2.40 bits per heavy atom. The van der Waals surface area contributed by atoms with E-state index in [4.69, 9.17) is 17.2 Å². The van der Waals surface area contributed by atoms with Gasteiger partial charge in [-0.3, -0.25) is 25.8 Å². The largest absolute Gasteiger partial charge is 0.298 e. The van der Waals surface area contributed by atoms with Gasteiger partial charge < -0.3 is 0 Å². The quantitative estimate of drug-likeness (QED) is 0.227. The van der Waals surface area contributed by atoms with Crippen LogP contribution in [0.3, 0.4) is 0 Å². The summed E-state index contributed by atoms with van der Waals surface area (Å²) in [5, 5.41) is 2.75. The van der Waals surface area contributed by atoms with E-state index in [9.17, 15) is 9.59 Å². The lowest BCUT2D eigenvalue weighted by molar-refractivity contribution is 0.0977. The number of aryl methyl sites for hydroxylation is 1. The summed E-state index contributed by atoms with van der Waals surface area (Å²) in [6.07, 6.45) is 6.18. The highest BCUT2D eigenvalue weighted by Gasteiger charge is 2.43. The number of hydrazine groups is 1. The number of hydrogen-bond acceptors (Lipinski definition) is 5. The van der Waals surface area contributed by atoms with Crippen LogP contribution in [0.25, 0.3) is 16.9 Å². The molecule has 0 atom stereocenters. The molecule has 1 amide bonds. The van der Waals surface area contributed by atoms with E-state index < -0.39 is 0 Å². The summed E-state index contributed by atoms with van der Waals surface area (Å²) in [6.45, 7) is 1.98. The lowest BCUT2D eigenvalue weighted by Gasteiger charge is -2.42. The maximum Gasteiger partial charge on any atom is 0.263 e. The van der Waals surface area contributed by atoms with Gasteiger partial charge in [-0.15, -0.1) is 0 Å². The third kappa shape index (κ3) is 4.69. The van der Waals surface area contributed by atoms with Gasteiger partial charge in [0.25, 0.3) is 11.5 Å². The third-order valence-electron chi connectivity index (χ3n) is 8.13. The molecule has 7 nitrogen and oxygen atoms in total. The number of carbonyl (C=O) groups is 1. The molecule has 1 spiro atoms. The molecule has 6 rings (SSSR count). The normalized spacial score (nSPS) is 15.0. The van der Waals surface area contributed by atoms with Crippen molar-refractivity contribution < 1.29 is 4.79 Å². The van der Waals surface area contributed by atoms with E-state index in [1.165, 1.54) is 12.0 Å². The molecule has 2 aliphatic rings. The second kappa shape index (κ2) is 10.7. The van der Waals surface area contributed by atoms with E-state index in [0.717, 1.165) is 60.2 Å². The van der Waals surface area contributed by atoms with Crippen molar-refractivity contribution in [1.82, 2.24) is 20.3 Å². The molecular formula is C32H31N5O2S. The summed E-state index contributed by atoms with van der Waals surface area (Å²) in [6, 6.07) is 24.9. The van der Waals surface area contributed by atoms with E-state index in [-0.39, 0.29) is 22.0 Å². The SMILES string of the molecule is Cc1ccccc1-n1c(NNC(=S)NC(=O)c2ccccc2)nc2c(c1=O)C1(CCCCC1)Cc1ccccc1-2. The van der Waals surface area contributed by atoms with E-state index in [1.807, 2.05) is 43.3 Å². The number of nitrogens with zero attached hydrogens (tertiary/aromatic N) is 2. The second-order valence-corrected chi connectivity index (χ2v) is 11.1. The summed E-state index contributed by atoms with van der Waals surface area (Å²) < 4.78 is 1.65. The molecule has 202 valence electrons. The molecule has 0 saturated heterocycles. The van der Waals surface area contributed by atoms with E-state index in [1.54, 1.807) is 28.8 Å². The fraction of sp³-hybridized carbons (Fsp3) is 0.250. The van der Waals surface area contributed by atoms with Gasteiger partial charge in [-0.1, -0.05) is 79.9 Å². The first-order valence-corrected chi connectivity index (χ1v) is 14.1. The second-order valence-electron chi connectivity index (χ2n) is 10.7. The van der Waals surface area contributed by atoms with E-state index >= 15 is 0 Å². The third-order valence-corrected chi connectivity index (χ3v) is 8.34. The molecular weight excluding hydrogens is 518 g/mol. The number of carbonyl (C=O) groups excluding carboxylic acids is 1. The van der Waals surface area contributed by atoms with Crippen molar-refractivity contribution in [3.05, 3.63) is 111 Å². The molecule has 0 aliphatic heterocycles. The van der Waals surface area contributed by atoms with Crippen molar-refractivity contribution in [1.29, 1.82) is 0 Å². The lowest BCUT2D eigenvalue weighted by Crippen LogP contribution is -2.45. The number of aromatic nitrogens is 2. The molecule has 2 aliphatic carbocycles. The maximum absolute atomic E-state index is 14.6. The Hall–Kier alpha value is -4.30. The molecule has 1 fully saturated rings. The van der Waals surface area contributed by atoms with Gasteiger partial charge >= 0.3 is 0 Å². The van der Waals surface area contributed by atoms with Crippen molar-refractivity contribution in [2.45, 2.75) is 50.9 Å². The fourth-order valence-electron chi connectivity index (χ4n) is 6.24. The summed E-state index contributed by atoms with van der Waals surface area (Å²) in [4.78, 5) is 32.4. The van der Waals surface area contributed by atoms with Crippen molar-refractivity contribution in [3.8, 4) is 16.9 Å². The molecule has 3 N–H and O–H groups in total. The number of amides is 1. The smallest absolute Gasteiger partial charge is 0.263 e. The van der Waals surface area contributed by atoms with Crippen molar-refractivity contribution in [3.63, 3.8) is 0 Å². The molecule has 40 heavy (non-hydrogen) atoms. The van der Waals surface area contributed by atoms with Gasteiger partial charge in [0.15, 0.2) is 5.11 Å². The highest BCUT2D eigenvalue weighted by molar-refractivity contribution is 7.80. The Kier molecular flexibility index (Phi) is 6.94. The summed E-state index contributed by atoms with van der Waals surface area (Å²) in [5.74, 6) is -0.0280. The summed E-state index contributed by atoms with van der Waals surface area (Å²) in [5.41, 5.74) is 11.6. The first-order chi connectivity index (χ1) is 19.5. The summed E-state index contributed by atoms with van der Waals surface area (Å²) >= 11 is 5.41. The van der Waals surface area contributed by atoms with Gasteiger partial charge in [0.05, 0.1) is 16.9 Å². The van der Waals surface area contributed by atoms with Crippen LogP contribution < -0.4 is 21.7 Å². The van der Waals surface area contributed by atoms with Crippen LogP contribution in [0.1, 0.15) is 59.2 Å². The minimum atomic E-state index is -0.331. The van der Waals surface area contributed by atoms with Crippen LogP contribution in [0.15, 0.2) is 83.7 Å². The number of para-hydroxylation sites is 1. The lowest BCUT2D eigenvalue weighted by atomic mass is 9.62. The average molecular weight is 550 g/mol. The number of rotatable bonds is 4. The molecule has 1 heterocycles. The Balaban J connectivity index is 1.45. The number of anilines is 1. The van der Waals surface area contributed by atoms with Gasteiger partial charge in [-0.2, -0.15) is 0 Å². The zero-order valence-electron chi connectivity index (χ0n) is 22.4. The first kappa shape index (κ1) is 26.0. The fourth-order valence-corrected chi connectivity index (χ4v) is 6.38. The summed E-state index contributed by atoms with van der Waals surface area (Å²) in [7, 11) is 0. The standard InChI is InChI=1S/C32H31N5O2S/c1-21-12-6-9-17-25(21)37-29(39)26-27(24-16-8-7-15-23(24)20-32(26)18-10-3-11-19-32)33-30(37)35-36-31(40)34-28(38)22-13-4-2-5-14-22/h2,4-9,12-17H,3,10-11,18-20H2,1H3,(H,33,35)(H2,34,36,38,40). The molecule has 1 saturated carbocycles. The van der Waals surface area contributed by atoms with Gasteiger partial charge in [0.2, 0.25) is 5.95 Å². The minimum absolute atomic E-state index is 0.0701. The molecule has 3 aromatic carbocycles. The molecule has 8 heteroatoms. The highest BCUT2D eigenvalue weighted by Crippen LogP contribution is 2.48. The monoisotopic (exact) mass is 549 g/mol. The van der Waals surface area contributed by atoms with Gasteiger partial charge in [-0.25, -0.2) is 9.55 Å². The van der Waals surface area contributed by atoms with Crippen LogP contribution in [0.2, 0.25) is 0 Å². The van der Waals surface area contributed by atoms with Crippen molar-refractivity contribution >= 4 is 29.2 Å². The van der Waals surface area contributed by atoms with Gasteiger partial charge in [-0.05, 0) is 67.7 Å². The molecule has 0 bridgehead atoms. The van der Waals surface area contributed by atoms with Crippen molar-refractivity contribution in [2.75, 3.05) is 5.43 Å². The number of benzene rings is 3. The van der Waals surface area contributed by atoms with Crippen molar-refractivity contribution in [2.24, 2.45) is 0 Å². The Morgan fingerprint density at radius 1 is 0.925 bits per heavy atom. The molecule has 1 aromatic heterocycles. The minimum Gasteiger partial charge on any atom is -0.298 e. The number of hydrogen-bond donors (Lipinski definition) is 3. The van der Waals surface area contributed by atoms with Crippen LogP contribution in [0.5, 0.6) is 0 Å². The number of thiocarbonyl (C=S) groups is 1. The highest BCUT2D eigenvalue weighted by atomic mass is 32.1. The maximum atomic E-state index is 14.6. The molecule has 0 radical (unpaired) electrons. The number of fused-ring (bicyclic) bond motifs is 4. The van der Waals surface area contributed by atoms with Crippen LogP contribution in [0.4, 0.5) is 5.95 Å². The Labute approximate surface area is 238 Å². The van der Waals surface area contributed by atoms with Gasteiger partial charge in [0, 0.05) is 16.5 Å². The molecule has 0 unspecified atom stereocenters. The zero-order chi connectivity index (χ0) is 27.7. The Bertz CT molecular complexity index is 1660. The van der Waals surface area contributed by atoms with E-state index in [0.29, 0.717) is 11.5 Å². The van der Waals surface area contributed by atoms with Crippen LogP contribution in [0, 0.1) is 6.92 Å².